The zero-order chi connectivity index (χ0) is 38.9. The molecule has 20 nitrogen and oxygen atoms in total. The van der Waals surface area contributed by atoms with Crippen LogP contribution in [0.5, 0.6) is 0 Å². The van der Waals surface area contributed by atoms with Crippen LogP contribution in [0.4, 0.5) is 0 Å². The number of aromatic nitrogens is 8. The second-order valence-corrected chi connectivity index (χ2v) is 16.3. The van der Waals surface area contributed by atoms with E-state index in [-0.39, 0.29) is 146 Å². The third-order valence-electron chi connectivity index (χ3n) is 8.53. The molecule has 0 saturated carbocycles. The summed E-state index contributed by atoms with van der Waals surface area (Å²) in [5.74, 6) is 5.32. The minimum atomic E-state index is -4.93. The summed E-state index contributed by atoms with van der Waals surface area (Å²) in [7, 11) is -9.11. The van der Waals surface area contributed by atoms with Gasteiger partial charge >= 0.3 is 78.6 Å². The van der Waals surface area contributed by atoms with Crippen LogP contribution in [-0.4, -0.2) is 51.3 Å². The fourth-order valence-electron chi connectivity index (χ4n) is 6.13. The first-order chi connectivity index (χ1) is 26.9. The molecule has 0 atom stereocenters. The molecule has 59 heavy (non-hydrogen) atoms. The summed E-state index contributed by atoms with van der Waals surface area (Å²) in [5.41, 5.74) is 1.71. The second kappa shape index (κ2) is 17.9. The fraction of sp³-hybridized carbons (Fsp3) is 0. The molecule has 2 aliphatic rings. The molecule has 8 bridgehead atoms. The second-order valence-electron chi connectivity index (χ2n) is 11.8. The van der Waals surface area contributed by atoms with Crippen molar-refractivity contribution in [1.82, 2.24) is 39.9 Å². The van der Waals surface area contributed by atoms with E-state index in [1.54, 1.807) is 36.4 Å². The van der Waals surface area contributed by atoms with Crippen LogP contribution in [-0.2, 0) is 58.3 Å². The van der Waals surface area contributed by atoms with Crippen molar-refractivity contribution in [3.8, 4) is 45.6 Å². The molecule has 0 saturated heterocycles. The van der Waals surface area contributed by atoms with Gasteiger partial charge in [0.2, 0.25) is 10.0 Å². The number of hydrogen-bond acceptors (Lipinski definition) is 19. The molecule has 4 N–H and O–H groups in total. The van der Waals surface area contributed by atoms with Crippen molar-refractivity contribution in [1.29, 1.82) is 0 Å². The minimum absolute atomic E-state index is 0. The van der Waals surface area contributed by atoms with Crippen molar-refractivity contribution in [3.05, 3.63) is 72.8 Å². The van der Waals surface area contributed by atoms with Crippen LogP contribution in [0.15, 0.2) is 92.4 Å². The van der Waals surface area contributed by atoms with Gasteiger partial charge in [0.25, 0.3) is 0 Å². The van der Waals surface area contributed by atoms with E-state index in [9.17, 15) is 26.6 Å². The first kappa shape index (κ1) is 45.7. The number of rotatable bonds is 8. The largest absolute Gasteiger partial charge is 2.00 e. The summed E-state index contributed by atoms with van der Waals surface area (Å²) < 4.78 is 70.6. The average molecular weight is 940 g/mol. The molecule has 0 radical (unpaired) electrons. The van der Waals surface area contributed by atoms with Gasteiger partial charge in [-0.1, -0.05) is 24.3 Å². The van der Waals surface area contributed by atoms with Crippen LogP contribution in [0.25, 0.3) is 89.7 Å². The smallest absolute Gasteiger partial charge is 0.744 e. The summed E-state index contributed by atoms with van der Waals surface area (Å²) in [5, 5.41) is 21.0. The number of nitrogens with two attached hydrogens (primary N) is 2. The maximum Gasteiger partial charge on any atom is 2.00 e. The van der Waals surface area contributed by atoms with Crippen LogP contribution in [0.3, 0.4) is 0 Å². The van der Waals surface area contributed by atoms with Crippen molar-refractivity contribution in [2.45, 2.75) is 19.6 Å². The Hall–Kier alpha value is -2.86. The maximum atomic E-state index is 12.4. The monoisotopic (exact) mass is 938 g/mol. The summed E-state index contributed by atoms with van der Waals surface area (Å²) in [6, 6.07) is 17.7. The van der Waals surface area contributed by atoms with E-state index in [0.29, 0.717) is 49.3 Å². The average Bonchev–Trinajstić information content (AvgIpc) is 3.90. The molecule has 5 heterocycles. The Bertz CT molecular complexity index is 3240. The first-order valence-corrected chi connectivity index (χ1v) is 19.9. The van der Waals surface area contributed by atoms with Gasteiger partial charge in [0, 0.05) is 54.6 Å². The molecule has 27 heteroatoms. The Labute approximate surface area is 397 Å². The van der Waals surface area contributed by atoms with Crippen molar-refractivity contribution in [2.75, 3.05) is 0 Å². The van der Waals surface area contributed by atoms with E-state index < -0.39 is 25.0 Å². The zero-order valence-corrected chi connectivity index (χ0v) is 40.3. The van der Waals surface area contributed by atoms with E-state index >= 15 is 0 Å². The van der Waals surface area contributed by atoms with E-state index in [1.165, 1.54) is 24.3 Å². The van der Waals surface area contributed by atoms with Crippen LogP contribution in [0.2, 0.25) is 0 Å². The van der Waals surface area contributed by atoms with Gasteiger partial charge in [0.1, 0.15) is 10.1 Å². The van der Waals surface area contributed by atoms with Crippen molar-refractivity contribution in [3.63, 3.8) is 0 Å². The Balaban J connectivity index is 0.00000195. The summed E-state index contributed by atoms with van der Waals surface area (Å²) >= 11 is 1.45. The van der Waals surface area contributed by atoms with E-state index in [2.05, 4.69) is 29.3 Å². The van der Waals surface area contributed by atoms with Crippen molar-refractivity contribution in [2.24, 2.45) is 11.0 Å². The van der Waals surface area contributed by atoms with Crippen molar-refractivity contribution >= 4 is 88.4 Å². The molecule has 2 aliphatic heterocycles. The predicted octanol–water partition coefficient (Wildman–Crippen LogP) is -3.26. The van der Waals surface area contributed by atoms with E-state index in [1.807, 2.05) is 0 Å². The number of primary sulfonamides is 1. The van der Waals surface area contributed by atoms with Crippen LogP contribution < -0.4 is 85.4 Å². The minimum Gasteiger partial charge on any atom is -0.744 e. The molecule has 0 aliphatic carbocycles. The van der Waals surface area contributed by atoms with Crippen LogP contribution in [0, 0.1) is 0 Å². The van der Waals surface area contributed by atoms with Gasteiger partial charge in [-0.2, -0.15) is 10.2 Å². The Kier molecular flexibility index (Phi) is 13.8. The van der Waals surface area contributed by atoms with Gasteiger partial charge in [-0.05, 0) is 70.1 Å². The molecule has 0 amide bonds. The Morgan fingerprint density at radius 1 is 0.559 bits per heavy atom. The molecule has 282 valence electrons. The number of nitrogens with zero attached hydrogens (tertiary/aromatic N) is 8. The SMILES string of the molecule is NOOSc1ccc2c3nc4nc(nc5[n-]c(nc6nc(nc([n-]3)c2c1)-c1ccc(SOO[O-])cc1-6)c1cc(S(=O)(=O)[O-])ccc51)-c1cc(S(N)(=O)=O)ccc1-4.[Na+].[Na+].[Zn+2]. The zero-order valence-electron chi connectivity index (χ0n) is 30.1. The summed E-state index contributed by atoms with van der Waals surface area (Å²) in [6.07, 6.45) is 0. The molecular weight excluding hydrogens is 924 g/mol. The number of benzene rings is 4. The first-order valence-electron chi connectivity index (χ1n) is 15.5. The summed E-state index contributed by atoms with van der Waals surface area (Å²) in [6.45, 7) is 0. The standard InChI is InChI=1S/C32H18N10O10S4.2Na.Zn/c33-49-51-53-13-1-5-17-21(9-13)29-36-25(17)35-27-19-7-3-15(55(34,44)45)11-23(19)31(39-27)40-28-20-8-4-16(56(46,47)48)12-24(20)32(41-28)42-30-22-10-14(54-52-50-43)2-6-18(22)26(37-29)38-30;;;/h1-12H,33H2,(H4-2,34,35,36,37,38,39,40,41,42,43,44,45,46,47,48);;;/q-2;2*+1;+2/p-2. The third kappa shape index (κ3) is 8.79. The topological polar surface area (TPSA) is 309 Å². The van der Waals surface area contributed by atoms with Gasteiger partial charge in [0.15, 0.2) is 0 Å². The molecule has 0 unspecified atom stereocenters. The van der Waals surface area contributed by atoms with Crippen LogP contribution in [0.1, 0.15) is 0 Å². The fourth-order valence-corrected chi connectivity index (χ4v) is 7.97. The maximum absolute atomic E-state index is 12.4. The third-order valence-corrected chi connectivity index (χ3v) is 11.4. The van der Waals surface area contributed by atoms with Crippen LogP contribution >= 0.6 is 24.1 Å². The quantitative estimate of drug-likeness (QED) is 0.0497. The molecule has 0 fully saturated rings. The molecule has 0 spiro atoms. The summed E-state index contributed by atoms with van der Waals surface area (Å²) in [4.78, 5) is 42.2. The molecular formula is C32H16N10Na2O10S4Zn. The van der Waals surface area contributed by atoms with E-state index in [4.69, 9.17) is 40.3 Å². The molecule has 7 aromatic rings. The normalized spacial score (nSPS) is 12.0. The predicted molar refractivity (Wildman–Crippen MR) is 194 cm³/mol. The Morgan fingerprint density at radius 2 is 1.02 bits per heavy atom. The Morgan fingerprint density at radius 3 is 1.58 bits per heavy atom. The molecule has 9 rings (SSSR count). The van der Waals surface area contributed by atoms with Gasteiger partial charge in [-0.25, -0.2) is 31.9 Å². The molecule has 3 aromatic heterocycles. The van der Waals surface area contributed by atoms with E-state index in [0.717, 1.165) is 24.2 Å². The van der Waals surface area contributed by atoms with Gasteiger partial charge in [-0.15, -0.1) is 9.32 Å². The number of fused-ring (bicyclic) bond motifs is 20. The number of sulfonamides is 1. The molecule has 4 aromatic carbocycles. The number of hydrogen-bond donors (Lipinski definition) is 2. The van der Waals surface area contributed by atoms with Crippen molar-refractivity contribution < 1.29 is 124 Å². The van der Waals surface area contributed by atoms with Gasteiger partial charge in [0.05, 0.1) is 57.2 Å². The van der Waals surface area contributed by atoms with Gasteiger partial charge < -0.3 is 39.7 Å². The van der Waals surface area contributed by atoms with Gasteiger partial charge in [-0.3, -0.25) is 5.04 Å².